The molecule has 1 aromatic rings. The summed E-state index contributed by atoms with van der Waals surface area (Å²) in [5.74, 6) is 0.495. The van der Waals surface area contributed by atoms with Gasteiger partial charge < -0.3 is 9.47 Å². The lowest BCUT2D eigenvalue weighted by Gasteiger charge is -2.06. The molecular weight excluding hydrogens is 355 g/mol. The van der Waals surface area contributed by atoms with Gasteiger partial charge >= 0.3 is 5.97 Å². The fourth-order valence-electron chi connectivity index (χ4n) is 1.46. The van der Waals surface area contributed by atoms with E-state index in [9.17, 15) is 4.79 Å². The van der Waals surface area contributed by atoms with E-state index < -0.39 is 0 Å². The molecule has 0 aliphatic carbocycles. The van der Waals surface area contributed by atoms with Crippen molar-refractivity contribution in [1.29, 1.82) is 0 Å². The molecule has 0 aliphatic rings. The Kier molecular flexibility index (Phi) is 7.25. The molecule has 0 heterocycles. The second-order valence-electron chi connectivity index (χ2n) is 3.68. The van der Waals surface area contributed by atoms with Crippen molar-refractivity contribution in [2.75, 3.05) is 13.7 Å². The predicted octanol–water partition coefficient (Wildman–Crippen LogP) is 3.76. The van der Waals surface area contributed by atoms with Gasteiger partial charge in [-0.3, -0.25) is 0 Å². The number of allylic oxidation sites excluding steroid dienone is 2. The van der Waals surface area contributed by atoms with E-state index in [2.05, 4.69) is 28.7 Å². The molecule has 1 aromatic carbocycles. The molecular formula is C15H17IO3. The van der Waals surface area contributed by atoms with Crippen LogP contribution in [-0.4, -0.2) is 19.7 Å². The van der Waals surface area contributed by atoms with Gasteiger partial charge in [0.15, 0.2) is 0 Å². The zero-order chi connectivity index (χ0) is 14.1. The van der Waals surface area contributed by atoms with Crippen molar-refractivity contribution in [1.82, 2.24) is 0 Å². The largest absolute Gasteiger partial charge is 0.496 e. The number of hydrogen-bond donors (Lipinski definition) is 0. The highest BCUT2D eigenvalue weighted by Gasteiger charge is 2.00. The molecule has 4 heteroatoms. The molecule has 0 N–H and O–H groups in total. The number of ether oxygens (including phenoxy) is 2. The third-order valence-corrected chi connectivity index (χ3v) is 3.24. The fourth-order valence-corrected chi connectivity index (χ4v) is 1.93. The molecule has 0 bridgehead atoms. The van der Waals surface area contributed by atoms with E-state index in [1.54, 1.807) is 26.2 Å². The van der Waals surface area contributed by atoms with Gasteiger partial charge in [0, 0.05) is 16.1 Å². The van der Waals surface area contributed by atoms with Crippen molar-refractivity contribution in [3.63, 3.8) is 0 Å². The standard InChI is InChI=1S/C15H17IO3/c1-3-19-15(17)7-5-4-6-13-9-8-12(11-16)10-14(13)18-2/h4-10H,3,11H2,1-2H3/b6-4+,7-5+. The van der Waals surface area contributed by atoms with Crippen molar-refractivity contribution in [2.45, 2.75) is 11.4 Å². The van der Waals surface area contributed by atoms with E-state index in [1.165, 1.54) is 11.6 Å². The molecule has 102 valence electrons. The van der Waals surface area contributed by atoms with Crippen LogP contribution < -0.4 is 4.74 Å². The van der Waals surface area contributed by atoms with Gasteiger partial charge in [-0.15, -0.1) is 0 Å². The SMILES string of the molecule is CCOC(=O)/C=C/C=C/c1ccc(CI)cc1OC. The van der Waals surface area contributed by atoms with Crippen LogP contribution in [0.25, 0.3) is 6.08 Å². The molecule has 0 unspecified atom stereocenters. The van der Waals surface area contributed by atoms with Gasteiger partial charge in [-0.2, -0.15) is 0 Å². The molecule has 0 fully saturated rings. The second-order valence-corrected chi connectivity index (χ2v) is 4.44. The number of halogens is 1. The topological polar surface area (TPSA) is 35.5 Å². The molecule has 0 saturated carbocycles. The number of carbonyl (C=O) groups excluding carboxylic acids is 1. The molecule has 0 saturated heterocycles. The molecule has 0 spiro atoms. The smallest absolute Gasteiger partial charge is 0.330 e. The number of methoxy groups -OCH3 is 1. The van der Waals surface area contributed by atoms with Crippen molar-refractivity contribution in [3.05, 3.63) is 47.6 Å². The van der Waals surface area contributed by atoms with Gasteiger partial charge in [0.25, 0.3) is 0 Å². The summed E-state index contributed by atoms with van der Waals surface area (Å²) in [5.41, 5.74) is 2.20. The fraction of sp³-hybridized carbons (Fsp3) is 0.267. The van der Waals surface area contributed by atoms with E-state index in [1.807, 2.05) is 18.2 Å². The van der Waals surface area contributed by atoms with Crippen LogP contribution in [0.5, 0.6) is 5.75 Å². The molecule has 0 aliphatic heterocycles. The molecule has 3 nitrogen and oxygen atoms in total. The Morgan fingerprint density at radius 3 is 2.79 bits per heavy atom. The zero-order valence-electron chi connectivity index (χ0n) is 11.1. The molecule has 0 radical (unpaired) electrons. The first-order valence-electron chi connectivity index (χ1n) is 5.95. The molecule has 0 amide bonds. The van der Waals surface area contributed by atoms with E-state index in [0.29, 0.717) is 6.61 Å². The maximum Gasteiger partial charge on any atom is 0.330 e. The monoisotopic (exact) mass is 372 g/mol. The highest BCUT2D eigenvalue weighted by atomic mass is 127. The Hall–Kier alpha value is -1.30. The minimum Gasteiger partial charge on any atom is -0.496 e. The van der Waals surface area contributed by atoms with Crippen LogP contribution in [0.3, 0.4) is 0 Å². The number of hydrogen-bond acceptors (Lipinski definition) is 3. The summed E-state index contributed by atoms with van der Waals surface area (Å²) in [6, 6.07) is 6.08. The van der Waals surface area contributed by atoms with Gasteiger partial charge in [0.05, 0.1) is 13.7 Å². The maximum absolute atomic E-state index is 11.1. The molecule has 0 atom stereocenters. The summed E-state index contributed by atoms with van der Waals surface area (Å²) in [4.78, 5) is 11.1. The van der Waals surface area contributed by atoms with E-state index in [4.69, 9.17) is 9.47 Å². The van der Waals surface area contributed by atoms with Crippen molar-refractivity contribution in [2.24, 2.45) is 0 Å². The lowest BCUT2D eigenvalue weighted by molar-refractivity contribution is -0.137. The highest BCUT2D eigenvalue weighted by molar-refractivity contribution is 14.1. The summed E-state index contributed by atoms with van der Waals surface area (Å²) in [6.45, 7) is 2.17. The highest BCUT2D eigenvalue weighted by Crippen LogP contribution is 2.22. The van der Waals surface area contributed by atoms with Gasteiger partial charge in [-0.05, 0) is 18.6 Å². The third kappa shape index (κ3) is 5.46. The quantitative estimate of drug-likeness (QED) is 0.251. The lowest BCUT2D eigenvalue weighted by atomic mass is 10.1. The van der Waals surface area contributed by atoms with Crippen molar-refractivity contribution >= 4 is 34.6 Å². The lowest BCUT2D eigenvalue weighted by Crippen LogP contribution is -1.98. The van der Waals surface area contributed by atoms with E-state index in [0.717, 1.165) is 15.7 Å². The average molecular weight is 372 g/mol. The third-order valence-electron chi connectivity index (χ3n) is 2.36. The van der Waals surface area contributed by atoms with Crippen LogP contribution in [0.4, 0.5) is 0 Å². The summed E-state index contributed by atoms with van der Waals surface area (Å²) in [7, 11) is 1.65. The summed E-state index contributed by atoms with van der Waals surface area (Å²) in [6.07, 6.45) is 6.74. The number of esters is 1. The second kappa shape index (κ2) is 8.74. The van der Waals surface area contributed by atoms with Crippen LogP contribution >= 0.6 is 22.6 Å². The van der Waals surface area contributed by atoms with E-state index in [-0.39, 0.29) is 5.97 Å². The van der Waals surface area contributed by atoms with Crippen LogP contribution in [-0.2, 0) is 14.0 Å². The predicted molar refractivity (Wildman–Crippen MR) is 85.5 cm³/mol. The first-order valence-corrected chi connectivity index (χ1v) is 7.48. The minimum absolute atomic E-state index is 0.334. The minimum atomic E-state index is -0.334. The van der Waals surface area contributed by atoms with Crippen molar-refractivity contribution < 1.29 is 14.3 Å². The number of alkyl halides is 1. The van der Waals surface area contributed by atoms with Crippen LogP contribution in [0.15, 0.2) is 36.4 Å². The Labute approximate surface area is 127 Å². The number of benzene rings is 1. The van der Waals surface area contributed by atoms with Gasteiger partial charge in [-0.1, -0.05) is 53.0 Å². The molecule has 0 aromatic heterocycles. The first kappa shape index (κ1) is 15.8. The van der Waals surface area contributed by atoms with Gasteiger partial charge in [0.2, 0.25) is 0 Å². The Bertz CT molecular complexity index is 478. The zero-order valence-corrected chi connectivity index (χ0v) is 13.2. The van der Waals surface area contributed by atoms with Gasteiger partial charge in [-0.25, -0.2) is 4.79 Å². The average Bonchev–Trinajstić information content (AvgIpc) is 2.44. The molecule has 1 rings (SSSR count). The molecule has 19 heavy (non-hydrogen) atoms. The maximum atomic E-state index is 11.1. The first-order chi connectivity index (χ1) is 9.21. The van der Waals surface area contributed by atoms with Crippen LogP contribution in [0.1, 0.15) is 18.1 Å². The Balaban J connectivity index is 2.73. The summed E-state index contributed by atoms with van der Waals surface area (Å²) in [5, 5.41) is 0. The summed E-state index contributed by atoms with van der Waals surface area (Å²) < 4.78 is 11.1. The van der Waals surface area contributed by atoms with Gasteiger partial charge in [0.1, 0.15) is 5.75 Å². The summed E-state index contributed by atoms with van der Waals surface area (Å²) >= 11 is 2.31. The van der Waals surface area contributed by atoms with Crippen LogP contribution in [0, 0.1) is 0 Å². The van der Waals surface area contributed by atoms with Crippen LogP contribution in [0.2, 0.25) is 0 Å². The Morgan fingerprint density at radius 2 is 2.16 bits per heavy atom. The number of rotatable bonds is 6. The van der Waals surface area contributed by atoms with E-state index >= 15 is 0 Å². The van der Waals surface area contributed by atoms with Crippen molar-refractivity contribution in [3.8, 4) is 5.75 Å². The Morgan fingerprint density at radius 1 is 1.37 bits per heavy atom. The normalized spacial score (nSPS) is 11.1. The number of carbonyl (C=O) groups is 1.